The van der Waals surface area contributed by atoms with Gasteiger partial charge >= 0.3 is 6.03 Å². The third kappa shape index (κ3) is 6.02. The largest absolute Gasteiger partial charge is 0.338 e. The van der Waals surface area contributed by atoms with Crippen LogP contribution in [0.5, 0.6) is 0 Å². The van der Waals surface area contributed by atoms with E-state index < -0.39 is 16.1 Å². The zero-order chi connectivity index (χ0) is 20.7. The first-order chi connectivity index (χ1) is 13.2. The number of piperazine rings is 1. The number of hydrogen-bond acceptors (Lipinski definition) is 4. The van der Waals surface area contributed by atoms with Crippen molar-refractivity contribution in [3.8, 4) is 0 Å². The van der Waals surface area contributed by atoms with Crippen LogP contribution in [0.1, 0.15) is 38.7 Å². The van der Waals surface area contributed by atoms with E-state index >= 15 is 0 Å². The SMILES string of the molecule is CCCNC(=O)NC(=O)C[NH+]1CCN(S(=O)(=O)c2ccc(C(C)C)cc2)CC1. The number of carbonyl (C=O) groups is 2. The molecule has 28 heavy (non-hydrogen) atoms. The summed E-state index contributed by atoms with van der Waals surface area (Å²) in [4.78, 5) is 24.7. The van der Waals surface area contributed by atoms with Crippen LogP contribution in [0.3, 0.4) is 0 Å². The zero-order valence-corrected chi connectivity index (χ0v) is 17.6. The minimum atomic E-state index is -3.53. The van der Waals surface area contributed by atoms with E-state index in [2.05, 4.69) is 24.5 Å². The number of quaternary nitrogens is 1. The minimum Gasteiger partial charge on any atom is -0.338 e. The van der Waals surface area contributed by atoms with Crippen molar-refractivity contribution in [1.82, 2.24) is 14.9 Å². The summed E-state index contributed by atoms with van der Waals surface area (Å²) in [6.45, 7) is 8.46. The van der Waals surface area contributed by atoms with Gasteiger partial charge in [0.25, 0.3) is 5.91 Å². The lowest BCUT2D eigenvalue weighted by Crippen LogP contribution is -3.15. The van der Waals surface area contributed by atoms with Gasteiger partial charge in [-0.3, -0.25) is 10.1 Å². The van der Waals surface area contributed by atoms with Gasteiger partial charge in [0.2, 0.25) is 10.0 Å². The molecule has 0 unspecified atom stereocenters. The Hall–Kier alpha value is -1.97. The van der Waals surface area contributed by atoms with Crippen LogP contribution in [-0.2, 0) is 14.8 Å². The van der Waals surface area contributed by atoms with E-state index in [1.165, 1.54) is 4.31 Å². The average Bonchev–Trinajstić information content (AvgIpc) is 2.66. The summed E-state index contributed by atoms with van der Waals surface area (Å²) in [5, 5.41) is 4.89. The molecule has 1 aromatic rings. The van der Waals surface area contributed by atoms with Gasteiger partial charge in [0.05, 0.1) is 31.1 Å². The molecule has 2 rings (SSSR count). The Balaban J connectivity index is 1.87. The fourth-order valence-electron chi connectivity index (χ4n) is 3.07. The molecule has 8 nitrogen and oxygen atoms in total. The topological polar surface area (TPSA) is 100 Å². The summed E-state index contributed by atoms with van der Waals surface area (Å²) in [5.41, 5.74) is 1.10. The summed E-state index contributed by atoms with van der Waals surface area (Å²) in [6.07, 6.45) is 0.795. The second kappa shape index (κ2) is 9.99. The Bertz CT molecular complexity index is 770. The van der Waals surface area contributed by atoms with Crippen molar-refractivity contribution >= 4 is 22.0 Å². The molecule has 0 aliphatic carbocycles. The van der Waals surface area contributed by atoms with Gasteiger partial charge in [-0.2, -0.15) is 4.31 Å². The van der Waals surface area contributed by atoms with Crippen molar-refractivity contribution in [2.45, 2.75) is 38.0 Å². The number of sulfonamides is 1. The van der Waals surface area contributed by atoms with Gasteiger partial charge in [-0.25, -0.2) is 13.2 Å². The second-order valence-electron chi connectivity index (χ2n) is 7.36. The molecule has 3 amide bonds. The summed E-state index contributed by atoms with van der Waals surface area (Å²) >= 11 is 0. The van der Waals surface area contributed by atoms with Crippen LogP contribution < -0.4 is 15.5 Å². The van der Waals surface area contributed by atoms with Gasteiger partial charge in [-0.15, -0.1) is 0 Å². The summed E-state index contributed by atoms with van der Waals surface area (Å²) in [5.74, 6) is -0.0108. The van der Waals surface area contributed by atoms with Gasteiger partial charge in [0.15, 0.2) is 6.54 Å². The fourth-order valence-corrected chi connectivity index (χ4v) is 4.52. The third-order valence-electron chi connectivity index (χ3n) is 4.81. The van der Waals surface area contributed by atoms with Gasteiger partial charge in [0.1, 0.15) is 0 Å². The fraction of sp³-hybridized carbons (Fsp3) is 0.579. The summed E-state index contributed by atoms with van der Waals surface area (Å²) in [7, 11) is -3.53. The van der Waals surface area contributed by atoms with Gasteiger partial charge in [-0.05, 0) is 30.0 Å². The molecule has 0 spiro atoms. The van der Waals surface area contributed by atoms with E-state index in [4.69, 9.17) is 0 Å². The van der Waals surface area contributed by atoms with Crippen molar-refractivity contribution < 1.29 is 22.9 Å². The first-order valence-corrected chi connectivity index (χ1v) is 11.2. The molecule has 0 radical (unpaired) electrons. The van der Waals surface area contributed by atoms with Crippen LogP contribution in [0.4, 0.5) is 4.79 Å². The van der Waals surface area contributed by atoms with Crippen molar-refractivity contribution in [3.63, 3.8) is 0 Å². The first kappa shape index (κ1) is 22.3. The zero-order valence-electron chi connectivity index (χ0n) is 16.8. The van der Waals surface area contributed by atoms with E-state index in [0.29, 0.717) is 43.5 Å². The highest BCUT2D eigenvalue weighted by molar-refractivity contribution is 7.89. The molecule has 156 valence electrons. The quantitative estimate of drug-likeness (QED) is 0.585. The number of rotatable bonds is 7. The number of amides is 3. The van der Waals surface area contributed by atoms with Crippen LogP contribution in [0.15, 0.2) is 29.2 Å². The standard InChI is InChI=1S/C19H30N4O4S/c1-4-9-20-19(25)21-18(24)14-22-10-12-23(13-11-22)28(26,27)17-7-5-16(6-8-17)15(2)3/h5-8,15H,4,9-14H2,1-3H3,(H2,20,21,24,25)/p+1. The highest BCUT2D eigenvalue weighted by atomic mass is 32.2. The second-order valence-corrected chi connectivity index (χ2v) is 9.30. The Kier molecular flexibility index (Phi) is 7.97. The maximum absolute atomic E-state index is 12.8. The van der Waals surface area contributed by atoms with Gasteiger partial charge in [0, 0.05) is 6.54 Å². The number of hydrogen-bond donors (Lipinski definition) is 3. The molecule has 0 atom stereocenters. The minimum absolute atomic E-state index is 0.149. The lowest BCUT2D eigenvalue weighted by atomic mass is 10.0. The smallest absolute Gasteiger partial charge is 0.321 e. The van der Waals surface area contributed by atoms with Crippen LogP contribution in [-0.4, -0.2) is 63.9 Å². The number of imide groups is 1. The number of nitrogens with one attached hydrogen (secondary N) is 3. The van der Waals surface area contributed by atoms with E-state index in [-0.39, 0.29) is 12.5 Å². The Morgan fingerprint density at radius 1 is 1.14 bits per heavy atom. The molecule has 1 aliphatic rings. The molecule has 1 saturated heterocycles. The molecule has 1 fully saturated rings. The summed E-state index contributed by atoms with van der Waals surface area (Å²) in [6, 6.07) is 6.54. The monoisotopic (exact) mass is 411 g/mol. The Morgan fingerprint density at radius 2 is 1.75 bits per heavy atom. The molecule has 0 bridgehead atoms. The normalized spacial score (nSPS) is 16.1. The van der Waals surface area contributed by atoms with Crippen LogP contribution in [0.25, 0.3) is 0 Å². The predicted octanol–water partition coefficient (Wildman–Crippen LogP) is -0.0650. The maximum atomic E-state index is 12.8. The van der Waals surface area contributed by atoms with Crippen molar-refractivity contribution in [1.29, 1.82) is 0 Å². The number of nitrogens with zero attached hydrogens (tertiary/aromatic N) is 1. The van der Waals surface area contributed by atoms with Gasteiger partial charge < -0.3 is 10.2 Å². The first-order valence-electron chi connectivity index (χ1n) is 9.75. The van der Waals surface area contributed by atoms with Crippen LogP contribution >= 0.6 is 0 Å². The van der Waals surface area contributed by atoms with Crippen LogP contribution in [0.2, 0.25) is 0 Å². The van der Waals surface area contributed by atoms with E-state index in [9.17, 15) is 18.0 Å². The van der Waals surface area contributed by atoms with Crippen LogP contribution in [0, 0.1) is 0 Å². The molecule has 1 aromatic carbocycles. The molecule has 0 saturated carbocycles. The predicted molar refractivity (Wildman–Crippen MR) is 107 cm³/mol. The Labute approximate surface area is 167 Å². The molecule has 9 heteroatoms. The molecule has 0 aromatic heterocycles. The maximum Gasteiger partial charge on any atom is 0.321 e. The lowest BCUT2D eigenvalue weighted by molar-refractivity contribution is -0.895. The van der Waals surface area contributed by atoms with Crippen molar-refractivity contribution in [3.05, 3.63) is 29.8 Å². The number of urea groups is 1. The Morgan fingerprint density at radius 3 is 2.29 bits per heavy atom. The van der Waals surface area contributed by atoms with E-state index in [1.807, 2.05) is 19.1 Å². The van der Waals surface area contributed by atoms with E-state index in [1.54, 1.807) is 12.1 Å². The molecular formula is C19H31N4O4S+. The van der Waals surface area contributed by atoms with Crippen molar-refractivity contribution in [2.24, 2.45) is 0 Å². The lowest BCUT2D eigenvalue weighted by Gasteiger charge is -2.31. The molecular weight excluding hydrogens is 380 g/mol. The highest BCUT2D eigenvalue weighted by Crippen LogP contribution is 2.20. The molecule has 3 N–H and O–H groups in total. The highest BCUT2D eigenvalue weighted by Gasteiger charge is 2.31. The van der Waals surface area contributed by atoms with Crippen molar-refractivity contribution in [2.75, 3.05) is 39.3 Å². The number of benzene rings is 1. The summed E-state index contributed by atoms with van der Waals surface area (Å²) < 4.78 is 27.1. The van der Waals surface area contributed by atoms with E-state index in [0.717, 1.165) is 16.9 Å². The average molecular weight is 412 g/mol. The third-order valence-corrected chi connectivity index (χ3v) is 6.73. The molecule has 1 heterocycles. The number of carbonyl (C=O) groups excluding carboxylic acids is 2. The molecule has 1 aliphatic heterocycles. The van der Waals surface area contributed by atoms with Gasteiger partial charge in [-0.1, -0.05) is 32.9 Å².